The Morgan fingerprint density at radius 3 is 2.49 bits per heavy atom. The van der Waals surface area contributed by atoms with Crippen LogP contribution in [-0.4, -0.2) is 88.5 Å². The van der Waals surface area contributed by atoms with Gasteiger partial charge in [-0.05, 0) is 61.6 Å². The molecule has 37 heavy (non-hydrogen) atoms. The quantitative estimate of drug-likeness (QED) is 0.341. The minimum atomic E-state index is -0.785. The fourth-order valence-electron chi connectivity index (χ4n) is 5.53. The highest BCUT2D eigenvalue weighted by Crippen LogP contribution is 2.38. The third-order valence-electron chi connectivity index (χ3n) is 7.34. The zero-order chi connectivity index (χ0) is 26.2. The minimum absolute atomic E-state index is 0. The lowest BCUT2D eigenvalue weighted by molar-refractivity contribution is -0.135. The highest BCUT2D eigenvalue weighted by Gasteiger charge is 2.35. The Morgan fingerprint density at radius 1 is 1.16 bits per heavy atom. The molecule has 1 aromatic carbocycles. The number of ether oxygens (including phenoxy) is 1. The minimum Gasteiger partial charge on any atom is -0.507 e. The summed E-state index contributed by atoms with van der Waals surface area (Å²) in [6.45, 7) is 2.89. The molecule has 1 saturated heterocycles. The summed E-state index contributed by atoms with van der Waals surface area (Å²) >= 11 is 0. The van der Waals surface area contributed by atoms with E-state index in [0.717, 1.165) is 11.1 Å². The molecule has 1 aromatic rings. The molecule has 210 valence electrons. The molecular formula is C27H43NO9. The number of phenolic OH excluding ortho intramolecular Hbond substituents is 1. The van der Waals surface area contributed by atoms with Gasteiger partial charge in [-0.1, -0.05) is 6.07 Å². The van der Waals surface area contributed by atoms with Gasteiger partial charge in [0.2, 0.25) is 5.91 Å². The van der Waals surface area contributed by atoms with E-state index < -0.39 is 12.5 Å². The second kappa shape index (κ2) is 14.3. The van der Waals surface area contributed by atoms with Crippen molar-refractivity contribution in [3.63, 3.8) is 0 Å². The van der Waals surface area contributed by atoms with Crippen LogP contribution in [0, 0.1) is 17.8 Å². The van der Waals surface area contributed by atoms with Crippen LogP contribution in [0.3, 0.4) is 0 Å². The summed E-state index contributed by atoms with van der Waals surface area (Å²) in [5, 5.41) is 29.9. The van der Waals surface area contributed by atoms with Crippen molar-refractivity contribution >= 4 is 23.3 Å². The normalized spacial score (nSPS) is 18.9. The second-order valence-corrected chi connectivity index (χ2v) is 9.93. The van der Waals surface area contributed by atoms with E-state index >= 15 is 0 Å². The molecule has 3 atom stereocenters. The molecule has 1 amide bonds. The Balaban J connectivity index is 0.00000481. The Bertz CT molecular complexity index is 982. The van der Waals surface area contributed by atoms with Gasteiger partial charge in [-0.15, -0.1) is 0 Å². The van der Waals surface area contributed by atoms with Gasteiger partial charge in [0, 0.05) is 41.3 Å². The van der Waals surface area contributed by atoms with Crippen molar-refractivity contribution in [2.75, 3.05) is 39.5 Å². The lowest BCUT2D eigenvalue weighted by Crippen LogP contribution is -2.40. The van der Waals surface area contributed by atoms with Gasteiger partial charge in [0.05, 0.1) is 31.8 Å². The molecule has 3 unspecified atom stereocenters. The van der Waals surface area contributed by atoms with Crippen molar-refractivity contribution in [2.45, 2.75) is 51.9 Å². The Labute approximate surface area is 219 Å². The summed E-state index contributed by atoms with van der Waals surface area (Å²) in [6, 6.07) is 3.26. The van der Waals surface area contributed by atoms with Gasteiger partial charge in [0.25, 0.3) is 0 Å². The largest absolute Gasteiger partial charge is 0.507 e. The maximum Gasteiger partial charge on any atom is 0.223 e. The number of amides is 1. The molecule has 3 rings (SSSR count). The van der Waals surface area contributed by atoms with Crippen molar-refractivity contribution < 1.29 is 47.6 Å². The Hall–Kier alpha value is -2.66. The van der Waals surface area contributed by atoms with E-state index in [4.69, 9.17) is 4.74 Å². The zero-order valence-corrected chi connectivity index (χ0v) is 21.4. The van der Waals surface area contributed by atoms with Crippen LogP contribution in [0.4, 0.5) is 0 Å². The highest BCUT2D eigenvalue weighted by molar-refractivity contribution is 6.01. The molecule has 5 N–H and O–H groups in total. The third kappa shape index (κ3) is 7.91. The SMILES string of the molecule is CC(=O)CC(=O)C(CO)C(CCO)CC1CC(=O)c2c(O)ccc(CCC(=O)N3CCOCC3)c2C1.O.[HH].[HH]. The molecule has 0 bridgehead atoms. The van der Waals surface area contributed by atoms with E-state index in [2.05, 4.69) is 0 Å². The summed E-state index contributed by atoms with van der Waals surface area (Å²) in [4.78, 5) is 51.5. The number of aryl methyl sites for hydroxylation is 1. The van der Waals surface area contributed by atoms with Crippen molar-refractivity contribution in [3.8, 4) is 5.75 Å². The maximum atomic E-state index is 13.1. The lowest BCUT2D eigenvalue weighted by atomic mass is 9.72. The van der Waals surface area contributed by atoms with Crippen LogP contribution in [0.25, 0.3) is 0 Å². The fourth-order valence-corrected chi connectivity index (χ4v) is 5.53. The second-order valence-electron chi connectivity index (χ2n) is 9.93. The molecule has 10 nitrogen and oxygen atoms in total. The van der Waals surface area contributed by atoms with Gasteiger partial charge in [0.15, 0.2) is 5.78 Å². The van der Waals surface area contributed by atoms with Crippen molar-refractivity contribution in [2.24, 2.45) is 17.8 Å². The molecule has 0 radical (unpaired) electrons. The van der Waals surface area contributed by atoms with Crippen molar-refractivity contribution in [1.82, 2.24) is 4.90 Å². The number of aromatic hydroxyl groups is 1. The van der Waals surface area contributed by atoms with Gasteiger partial charge < -0.3 is 30.4 Å². The molecule has 2 aliphatic rings. The number of carbonyl (C=O) groups is 4. The average Bonchev–Trinajstić information content (AvgIpc) is 2.84. The summed E-state index contributed by atoms with van der Waals surface area (Å²) in [7, 11) is 0. The van der Waals surface area contributed by atoms with E-state index in [-0.39, 0.29) is 81.5 Å². The zero-order valence-electron chi connectivity index (χ0n) is 21.4. The van der Waals surface area contributed by atoms with Gasteiger partial charge >= 0.3 is 0 Å². The molecule has 0 aromatic heterocycles. The van der Waals surface area contributed by atoms with Crippen LogP contribution in [0.2, 0.25) is 0 Å². The first-order valence-electron chi connectivity index (χ1n) is 12.7. The first-order valence-corrected chi connectivity index (χ1v) is 12.7. The first-order chi connectivity index (χ1) is 17.2. The van der Waals surface area contributed by atoms with Crippen LogP contribution in [0.5, 0.6) is 5.75 Å². The summed E-state index contributed by atoms with van der Waals surface area (Å²) in [6.07, 6.45) is 1.81. The highest BCUT2D eigenvalue weighted by atomic mass is 16.5. The standard InChI is InChI=1S/C27H37NO8.H2O.2H2/c1-17(31)12-24(33)22(16-30)20(6-9-29)13-18-14-21-19(2-4-23(32)27(21)25(34)15-18)3-5-26(35)28-7-10-36-11-8-28;;;/h2,4,18,20,22,29-30,32H,3,5-16H2,1H3;1H2;2*1H. The van der Waals surface area contributed by atoms with Crippen molar-refractivity contribution in [3.05, 3.63) is 28.8 Å². The van der Waals surface area contributed by atoms with E-state index in [9.17, 15) is 34.5 Å². The fraction of sp³-hybridized carbons (Fsp3) is 0.630. The summed E-state index contributed by atoms with van der Waals surface area (Å²) < 4.78 is 5.30. The smallest absolute Gasteiger partial charge is 0.223 e. The Morgan fingerprint density at radius 2 is 1.86 bits per heavy atom. The third-order valence-corrected chi connectivity index (χ3v) is 7.34. The molecule has 1 heterocycles. The summed E-state index contributed by atoms with van der Waals surface area (Å²) in [5.74, 6) is -2.21. The number of hydrogen-bond acceptors (Lipinski definition) is 8. The van der Waals surface area contributed by atoms with Gasteiger partial charge in [-0.25, -0.2) is 0 Å². The Kier molecular flexibility index (Phi) is 11.8. The number of fused-ring (bicyclic) bond motifs is 1. The van der Waals surface area contributed by atoms with E-state index in [1.807, 2.05) is 0 Å². The monoisotopic (exact) mass is 525 g/mol. The van der Waals surface area contributed by atoms with Crippen LogP contribution in [0.1, 0.15) is 63.4 Å². The lowest BCUT2D eigenvalue weighted by Gasteiger charge is -2.32. The molecule has 1 aliphatic carbocycles. The topological polar surface area (TPSA) is 173 Å². The van der Waals surface area contributed by atoms with E-state index in [1.54, 1.807) is 11.0 Å². The maximum absolute atomic E-state index is 13.1. The molecule has 0 spiro atoms. The van der Waals surface area contributed by atoms with Gasteiger partial charge in [-0.3, -0.25) is 19.2 Å². The van der Waals surface area contributed by atoms with Crippen LogP contribution >= 0.6 is 0 Å². The predicted molar refractivity (Wildman–Crippen MR) is 139 cm³/mol. The van der Waals surface area contributed by atoms with Crippen LogP contribution in [-0.2, 0) is 32.0 Å². The number of benzene rings is 1. The number of aliphatic hydroxyl groups excluding tert-OH is 2. The number of nitrogens with zero attached hydrogens (tertiary/aromatic N) is 1. The number of rotatable bonds is 12. The van der Waals surface area contributed by atoms with Crippen molar-refractivity contribution in [1.29, 1.82) is 0 Å². The van der Waals surface area contributed by atoms with Crippen LogP contribution in [0.15, 0.2) is 12.1 Å². The van der Waals surface area contributed by atoms with E-state index in [0.29, 0.717) is 51.1 Å². The van der Waals surface area contributed by atoms with Crippen LogP contribution < -0.4 is 0 Å². The number of phenols is 1. The number of ketones is 3. The molecule has 0 saturated carbocycles. The first kappa shape index (κ1) is 30.6. The number of Topliss-reactive ketones (excluding diaryl/α,β-unsaturated/α-hetero) is 3. The summed E-state index contributed by atoms with van der Waals surface area (Å²) in [5.41, 5.74) is 1.87. The molecule has 1 fully saturated rings. The van der Waals surface area contributed by atoms with Gasteiger partial charge in [0.1, 0.15) is 17.3 Å². The van der Waals surface area contributed by atoms with Gasteiger partial charge in [-0.2, -0.15) is 0 Å². The number of carbonyl (C=O) groups excluding carboxylic acids is 4. The predicted octanol–water partition coefficient (Wildman–Crippen LogP) is 1.14. The van der Waals surface area contributed by atoms with E-state index in [1.165, 1.54) is 13.0 Å². The average molecular weight is 526 g/mol. The number of aliphatic hydroxyl groups is 2. The molecular weight excluding hydrogens is 482 g/mol. The number of morpholine rings is 1. The number of hydrogen-bond donors (Lipinski definition) is 3. The molecule has 10 heteroatoms. The molecule has 1 aliphatic heterocycles.